The van der Waals surface area contributed by atoms with Crippen molar-refractivity contribution in [2.75, 3.05) is 40.4 Å². The molecule has 1 fully saturated rings. The third-order valence-electron chi connectivity index (χ3n) is 4.44. The third-order valence-corrected chi connectivity index (χ3v) is 4.44. The van der Waals surface area contributed by atoms with Gasteiger partial charge in [-0.05, 0) is 32.0 Å². The van der Waals surface area contributed by atoms with Crippen LogP contribution in [0.4, 0.5) is 0 Å². The van der Waals surface area contributed by atoms with Gasteiger partial charge >= 0.3 is 0 Å². The van der Waals surface area contributed by atoms with E-state index in [9.17, 15) is 4.79 Å². The largest absolute Gasteiger partial charge is 0.497 e. The van der Waals surface area contributed by atoms with Gasteiger partial charge in [0.15, 0.2) is 0 Å². The lowest BCUT2D eigenvalue weighted by atomic mass is 9.87. The van der Waals surface area contributed by atoms with Crippen LogP contribution in [0.2, 0.25) is 0 Å². The topological polar surface area (TPSA) is 50.8 Å². The Balaban J connectivity index is 2.32. The van der Waals surface area contributed by atoms with Crippen molar-refractivity contribution in [3.63, 3.8) is 0 Å². The smallest absolute Gasteiger partial charge is 0.227 e. The Morgan fingerprint density at radius 3 is 2.55 bits per heavy atom. The Morgan fingerprint density at radius 1 is 1.23 bits per heavy atom. The number of ether oxygens (including phenoxy) is 2. The van der Waals surface area contributed by atoms with Gasteiger partial charge in [0.05, 0.1) is 20.1 Å². The molecule has 0 aliphatic carbocycles. The molecule has 5 heteroatoms. The summed E-state index contributed by atoms with van der Waals surface area (Å²) in [6.45, 7) is 7.01. The number of nitrogens with one attached hydrogen (secondary N) is 1. The fourth-order valence-electron chi connectivity index (χ4n) is 3.16. The van der Waals surface area contributed by atoms with E-state index in [4.69, 9.17) is 9.47 Å². The lowest BCUT2D eigenvalue weighted by molar-refractivity contribution is -0.134. The van der Waals surface area contributed by atoms with Crippen molar-refractivity contribution in [1.29, 1.82) is 0 Å². The SMILES string of the molecule is CCN(CC)C(=O)C1CNCC1c1cc(OC)ccc1OC. The molecule has 1 heterocycles. The van der Waals surface area contributed by atoms with Crippen molar-refractivity contribution in [2.45, 2.75) is 19.8 Å². The summed E-state index contributed by atoms with van der Waals surface area (Å²) in [6, 6.07) is 5.77. The maximum absolute atomic E-state index is 12.8. The van der Waals surface area contributed by atoms with Gasteiger partial charge in [-0.1, -0.05) is 0 Å². The van der Waals surface area contributed by atoms with Crippen molar-refractivity contribution in [3.8, 4) is 11.5 Å². The van der Waals surface area contributed by atoms with Crippen LogP contribution in [0.15, 0.2) is 18.2 Å². The number of benzene rings is 1. The predicted molar refractivity (Wildman–Crippen MR) is 86.6 cm³/mol. The molecule has 2 unspecified atom stereocenters. The molecule has 2 rings (SSSR count). The molecule has 1 saturated heterocycles. The molecular weight excluding hydrogens is 280 g/mol. The second-order valence-electron chi connectivity index (χ2n) is 5.49. The number of hydrogen-bond donors (Lipinski definition) is 1. The van der Waals surface area contributed by atoms with E-state index in [1.807, 2.05) is 36.9 Å². The molecule has 0 aromatic heterocycles. The normalized spacial score (nSPS) is 20.7. The number of nitrogens with zero attached hydrogens (tertiary/aromatic N) is 1. The highest BCUT2D eigenvalue weighted by Gasteiger charge is 2.37. The number of rotatable bonds is 6. The average Bonchev–Trinajstić information content (AvgIpc) is 3.04. The number of carbonyl (C=O) groups excluding carboxylic acids is 1. The molecule has 1 aliphatic heterocycles. The van der Waals surface area contributed by atoms with Crippen molar-refractivity contribution in [2.24, 2.45) is 5.92 Å². The van der Waals surface area contributed by atoms with Crippen molar-refractivity contribution < 1.29 is 14.3 Å². The Bertz CT molecular complexity index is 515. The van der Waals surface area contributed by atoms with E-state index in [0.717, 1.165) is 36.7 Å². The summed E-state index contributed by atoms with van der Waals surface area (Å²) in [5.74, 6) is 1.87. The Morgan fingerprint density at radius 2 is 1.95 bits per heavy atom. The van der Waals surface area contributed by atoms with Crippen LogP contribution in [0.1, 0.15) is 25.3 Å². The molecule has 0 spiro atoms. The summed E-state index contributed by atoms with van der Waals surface area (Å²) in [5, 5.41) is 3.35. The first-order valence-electron chi connectivity index (χ1n) is 7.87. The Kier molecular flexibility index (Phi) is 5.66. The van der Waals surface area contributed by atoms with Crippen LogP contribution in [0.5, 0.6) is 11.5 Å². The molecule has 1 amide bonds. The summed E-state index contributed by atoms with van der Waals surface area (Å²) >= 11 is 0. The number of amides is 1. The van der Waals surface area contributed by atoms with Crippen LogP contribution >= 0.6 is 0 Å². The van der Waals surface area contributed by atoms with Gasteiger partial charge in [0, 0.05) is 37.7 Å². The van der Waals surface area contributed by atoms with Crippen LogP contribution in [-0.4, -0.2) is 51.2 Å². The summed E-state index contributed by atoms with van der Waals surface area (Å²) in [6.07, 6.45) is 0. The predicted octanol–water partition coefficient (Wildman–Crippen LogP) is 1.88. The molecule has 122 valence electrons. The van der Waals surface area contributed by atoms with Crippen molar-refractivity contribution >= 4 is 5.91 Å². The highest BCUT2D eigenvalue weighted by atomic mass is 16.5. The summed E-state index contributed by atoms with van der Waals surface area (Å²) in [5.41, 5.74) is 1.04. The molecule has 22 heavy (non-hydrogen) atoms. The maximum Gasteiger partial charge on any atom is 0.227 e. The first-order valence-corrected chi connectivity index (χ1v) is 7.87. The summed E-state index contributed by atoms with van der Waals surface area (Å²) in [7, 11) is 3.31. The summed E-state index contributed by atoms with van der Waals surface area (Å²) in [4.78, 5) is 14.7. The van der Waals surface area contributed by atoms with E-state index in [-0.39, 0.29) is 17.7 Å². The Hall–Kier alpha value is -1.75. The van der Waals surface area contributed by atoms with Gasteiger partial charge < -0.3 is 19.7 Å². The molecule has 1 aromatic carbocycles. The van der Waals surface area contributed by atoms with Gasteiger partial charge in [0.25, 0.3) is 0 Å². The van der Waals surface area contributed by atoms with Gasteiger partial charge in [-0.3, -0.25) is 4.79 Å². The van der Waals surface area contributed by atoms with E-state index in [1.165, 1.54) is 0 Å². The van der Waals surface area contributed by atoms with Gasteiger partial charge in [0.1, 0.15) is 11.5 Å². The van der Waals surface area contributed by atoms with Crippen molar-refractivity contribution in [3.05, 3.63) is 23.8 Å². The van der Waals surface area contributed by atoms with Crippen LogP contribution in [0.25, 0.3) is 0 Å². The zero-order valence-corrected chi connectivity index (χ0v) is 13.9. The first-order chi connectivity index (χ1) is 10.7. The maximum atomic E-state index is 12.8. The zero-order valence-electron chi connectivity index (χ0n) is 13.9. The second kappa shape index (κ2) is 7.49. The summed E-state index contributed by atoms with van der Waals surface area (Å²) < 4.78 is 10.8. The minimum absolute atomic E-state index is 0.0547. The highest BCUT2D eigenvalue weighted by molar-refractivity contribution is 5.81. The lowest BCUT2D eigenvalue weighted by Crippen LogP contribution is -2.38. The van der Waals surface area contributed by atoms with Gasteiger partial charge in [-0.2, -0.15) is 0 Å². The van der Waals surface area contributed by atoms with Crippen molar-refractivity contribution in [1.82, 2.24) is 10.2 Å². The highest BCUT2D eigenvalue weighted by Crippen LogP contribution is 2.37. The monoisotopic (exact) mass is 306 g/mol. The molecule has 1 aliphatic rings. The number of hydrogen-bond acceptors (Lipinski definition) is 4. The number of carbonyl (C=O) groups is 1. The molecular formula is C17H26N2O3. The van der Waals surface area contributed by atoms with E-state index in [2.05, 4.69) is 5.32 Å². The molecule has 2 atom stereocenters. The third kappa shape index (κ3) is 3.19. The van der Waals surface area contributed by atoms with E-state index >= 15 is 0 Å². The molecule has 5 nitrogen and oxygen atoms in total. The van der Waals surface area contributed by atoms with Crippen LogP contribution in [0, 0.1) is 5.92 Å². The fraction of sp³-hybridized carbons (Fsp3) is 0.588. The molecule has 1 aromatic rings. The van der Waals surface area contributed by atoms with Crippen LogP contribution in [-0.2, 0) is 4.79 Å². The average molecular weight is 306 g/mol. The molecule has 1 N–H and O–H groups in total. The minimum Gasteiger partial charge on any atom is -0.497 e. The van der Waals surface area contributed by atoms with Gasteiger partial charge in [-0.25, -0.2) is 0 Å². The zero-order chi connectivity index (χ0) is 16.1. The van der Waals surface area contributed by atoms with Crippen LogP contribution in [0.3, 0.4) is 0 Å². The fourth-order valence-corrected chi connectivity index (χ4v) is 3.16. The Labute approximate surface area is 132 Å². The lowest BCUT2D eigenvalue weighted by Gasteiger charge is -2.27. The van der Waals surface area contributed by atoms with Crippen LogP contribution < -0.4 is 14.8 Å². The van der Waals surface area contributed by atoms with E-state index < -0.39 is 0 Å². The molecule has 0 saturated carbocycles. The second-order valence-corrected chi connectivity index (χ2v) is 5.49. The number of methoxy groups -OCH3 is 2. The minimum atomic E-state index is -0.0547. The first kappa shape index (κ1) is 16.6. The molecule has 0 bridgehead atoms. The quantitative estimate of drug-likeness (QED) is 0.872. The van der Waals surface area contributed by atoms with E-state index in [0.29, 0.717) is 6.54 Å². The van der Waals surface area contributed by atoms with E-state index in [1.54, 1.807) is 14.2 Å². The van der Waals surface area contributed by atoms with Gasteiger partial charge in [0.2, 0.25) is 5.91 Å². The van der Waals surface area contributed by atoms with Gasteiger partial charge in [-0.15, -0.1) is 0 Å². The standard InChI is InChI=1S/C17H26N2O3/c1-5-19(6-2)17(20)15-11-18-10-14(15)13-9-12(21-3)7-8-16(13)22-4/h7-9,14-15,18H,5-6,10-11H2,1-4H3. The molecule has 0 radical (unpaired) electrons.